The zero-order valence-corrected chi connectivity index (χ0v) is 32.1. The molecule has 0 N–H and O–H groups in total. The van der Waals surface area contributed by atoms with E-state index in [1.165, 1.54) is 55.6 Å². The molecule has 262 valence electrons. The average molecular weight is 681 g/mol. The highest BCUT2D eigenvalue weighted by Gasteiger charge is 2.23. The molecule has 0 saturated carbocycles. The van der Waals surface area contributed by atoms with Gasteiger partial charge in [-0.1, -0.05) is 184 Å². The first-order valence-corrected chi connectivity index (χ1v) is 18.7. The van der Waals surface area contributed by atoms with Gasteiger partial charge in [-0.05, 0) is 72.2 Å². The maximum atomic E-state index is 5.56. The van der Waals surface area contributed by atoms with E-state index in [0.29, 0.717) is 0 Å². The van der Waals surface area contributed by atoms with Crippen LogP contribution in [0.1, 0.15) is 121 Å². The normalized spacial score (nSPS) is 14.5. The van der Waals surface area contributed by atoms with E-state index in [9.17, 15) is 0 Å². The molecule has 6 aromatic carbocycles. The molecule has 0 fully saturated rings. The zero-order valence-electron chi connectivity index (χ0n) is 32.1. The molecule has 6 rings (SSSR count). The summed E-state index contributed by atoms with van der Waals surface area (Å²) < 4.78 is 0. The Morgan fingerprint density at radius 3 is 0.788 bits per heavy atom. The quantitative estimate of drug-likeness (QED) is 0.122. The van der Waals surface area contributed by atoms with Gasteiger partial charge in [-0.25, -0.2) is 0 Å². The predicted molar refractivity (Wildman–Crippen MR) is 224 cm³/mol. The molecular weight excluding hydrogens is 629 g/mol. The second kappa shape index (κ2) is 16.3. The molecular formula is C50H52N2. The lowest BCUT2D eigenvalue weighted by atomic mass is 9.84. The van der Waals surface area contributed by atoms with E-state index in [0.717, 1.165) is 22.8 Å². The SMILES string of the molecule is CC(=N\c1c([C@H](C)c2ccccc2)cc(C)cc1[C@H](C)c1ccccc1)/C(C)=N/c1c([C@H](C)c2ccccc2)cc(C)cc1[C@H](C)c1ccccc1. The molecule has 6 aromatic rings. The molecule has 0 aliphatic rings. The molecule has 2 nitrogen and oxygen atoms in total. The Hall–Kier alpha value is -5.34. The first-order chi connectivity index (χ1) is 25.1. The minimum absolute atomic E-state index is 0.167. The van der Waals surface area contributed by atoms with Crippen molar-refractivity contribution in [2.45, 2.75) is 79.1 Å². The van der Waals surface area contributed by atoms with Crippen molar-refractivity contribution in [1.29, 1.82) is 0 Å². The molecule has 0 radical (unpaired) electrons. The van der Waals surface area contributed by atoms with E-state index in [-0.39, 0.29) is 23.7 Å². The summed E-state index contributed by atoms with van der Waals surface area (Å²) in [4.78, 5) is 11.1. The van der Waals surface area contributed by atoms with Crippen molar-refractivity contribution in [1.82, 2.24) is 0 Å². The van der Waals surface area contributed by atoms with Crippen molar-refractivity contribution in [2.24, 2.45) is 9.98 Å². The number of hydrogen-bond donors (Lipinski definition) is 0. The van der Waals surface area contributed by atoms with Crippen LogP contribution in [0.25, 0.3) is 0 Å². The summed E-state index contributed by atoms with van der Waals surface area (Å²) in [6.45, 7) is 17.9. The zero-order chi connectivity index (χ0) is 36.8. The van der Waals surface area contributed by atoms with E-state index >= 15 is 0 Å². The summed E-state index contributed by atoms with van der Waals surface area (Å²) in [5.74, 6) is 0.668. The molecule has 0 aromatic heterocycles. The largest absolute Gasteiger partial charge is 0.251 e. The number of hydrogen-bond acceptors (Lipinski definition) is 2. The van der Waals surface area contributed by atoms with E-state index in [1.807, 2.05) is 0 Å². The van der Waals surface area contributed by atoms with Crippen LogP contribution in [0.3, 0.4) is 0 Å². The van der Waals surface area contributed by atoms with E-state index in [1.54, 1.807) is 0 Å². The third kappa shape index (κ3) is 8.08. The maximum absolute atomic E-state index is 5.56. The Kier molecular flexibility index (Phi) is 11.5. The van der Waals surface area contributed by atoms with Crippen LogP contribution < -0.4 is 0 Å². The highest BCUT2D eigenvalue weighted by atomic mass is 14.8. The molecule has 0 aliphatic heterocycles. The van der Waals surface area contributed by atoms with Gasteiger partial charge >= 0.3 is 0 Å². The average Bonchev–Trinajstić information content (AvgIpc) is 3.18. The minimum atomic E-state index is 0.167. The van der Waals surface area contributed by atoms with Crippen LogP contribution in [0.2, 0.25) is 0 Å². The summed E-state index contributed by atoms with van der Waals surface area (Å²) in [7, 11) is 0. The first kappa shape index (κ1) is 36.5. The molecule has 0 amide bonds. The smallest absolute Gasteiger partial charge is 0.0709 e. The van der Waals surface area contributed by atoms with E-state index in [4.69, 9.17) is 9.98 Å². The van der Waals surface area contributed by atoms with Gasteiger partial charge in [0.05, 0.1) is 22.8 Å². The summed E-state index contributed by atoms with van der Waals surface area (Å²) in [6, 6.07) is 52.5. The molecule has 4 atom stereocenters. The molecule has 0 spiro atoms. The third-order valence-electron chi connectivity index (χ3n) is 10.8. The Labute approximate surface area is 312 Å². The lowest BCUT2D eigenvalue weighted by Crippen LogP contribution is -2.10. The Morgan fingerprint density at radius 2 is 0.577 bits per heavy atom. The Bertz CT molecular complexity index is 1870. The summed E-state index contributed by atoms with van der Waals surface area (Å²) in [5.41, 5.74) is 16.5. The highest BCUT2D eigenvalue weighted by Crippen LogP contribution is 2.43. The van der Waals surface area contributed by atoms with E-state index in [2.05, 4.69) is 201 Å². The van der Waals surface area contributed by atoms with Crippen LogP contribution in [-0.2, 0) is 0 Å². The van der Waals surface area contributed by atoms with Gasteiger partial charge in [0.1, 0.15) is 0 Å². The number of aliphatic imine (C=N–C) groups is 2. The van der Waals surface area contributed by atoms with Gasteiger partial charge in [-0.2, -0.15) is 0 Å². The van der Waals surface area contributed by atoms with Gasteiger partial charge in [-0.15, -0.1) is 0 Å². The standard InChI is InChI=1S/C50H52N2/c1-33-29-45(35(3)41-21-13-9-14-22-41)49(46(30-33)36(4)42-23-15-10-16-24-42)51-39(7)40(8)52-50-47(37(5)43-25-17-11-18-26-43)31-34(2)32-48(50)38(6)44-27-19-12-20-28-44/h9-32,35-38H,1-8H3/b51-39+,52-40+/t35-,36-,37-,38-/m1/s1. The highest BCUT2D eigenvalue weighted by molar-refractivity contribution is 6.41. The topological polar surface area (TPSA) is 24.7 Å². The monoisotopic (exact) mass is 680 g/mol. The first-order valence-electron chi connectivity index (χ1n) is 18.7. The lowest BCUT2D eigenvalue weighted by molar-refractivity contribution is 0.882. The second-order valence-corrected chi connectivity index (χ2v) is 14.5. The molecule has 0 heterocycles. The van der Waals surface area contributed by atoms with Gasteiger partial charge in [-0.3, -0.25) is 9.98 Å². The number of aryl methyl sites for hydroxylation is 2. The van der Waals surface area contributed by atoms with Crippen LogP contribution in [0.15, 0.2) is 156 Å². The Morgan fingerprint density at radius 1 is 0.365 bits per heavy atom. The van der Waals surface area contributed by atoms with Crippen LogP contribution >= 0.6 is 0 Å². The van der Waals surface area contributed by atoms with Crippen molar-refractivity contribution in [3.63, 3.8) is 0 Å². The van der Waals surface area contributed by atoms with Crippen molar-refractivity contribution in [3.8, 4) is 0 Å². The lowest BCUT2D eigenvalue weighted by Gasteiger charge is -2.24. The fraction of sp³-hybridized carbons (Fsp3) is 0.240. The van der Waals surface area contributed by atoms with Crippen molar-refractivity contribution >= 4 is 22.8 Å². The van der Waals surface area contributed by atoms with E-state index < -0.39 is 0 Å². The number of benzene rings is 6. The fourth-order valence-electron chi connectivity index (χ4n) is 7.43. The van der Waals surface area contributed by atoms with Gasteiger partial charge in [0, 0.05) is 23.7 Å². The van der Waals surface area contributed by atoms with Crippen LogP contribution in [-0.4, -0.2) is 11.4 Å². The fourth-order valence-corrected chi connectivity index (χ4v) is 7.43. The second-order valence-electron chi connectivity index (χ2n) is 14.5. The molecule has 2 heteroatoms. The van der Waals surface area contributed by atoms with Crippen LogP contribution in [0.4, 0.5) is 11.4 Å². The molecule has 0 aliphatic carbocycles. The van der Waals surface area contributed by atoms with Crippen molar-refractivity contribution in [3.05, 3.63) is 201 Å². The van der Waals surface area contributed by atoms with Gasteiger partial charge < -0.3 is 0 Å². The number of rotatable bonds is 11. The van der Waals surface area contributed by atoms with Crippen LogP contribution in [0, 0.1) is 13.8 Å². The van der Waals surface area contributed by atoms with Gasteiger partial charge in [0.2, 0.25) is 0 Å². The van der Waals surface area contributed by atoms with Crippen LogP contribution in [0.5, 0.6) is 0 Å². The van der Waals surface area contributed by atoms with Gasteiger partial charge in [0.25, 0.3) is 0 Å². The maximum Gasteiger partial charge on any atom is 0.0709 e. The minimum Gasteiger partial charge on any atom is -0.251 e. The summed E-state index contributed by atoms with van der Waals surface area (Å²) in [5, 5.41) is 0. The summed E-state index contributed by atoms with van der Waals surface area (Å²) in [6.07, 6.45) is 0. The van der Waals surface area contributed by atoms with Crippen molar-refractivity contribution in [2.75, 3.05) is 0 Å². The molecule has 52 heavy (non-hydrogen) atoms. The molecule has 0 saturated heterocycles. The predicted octanol–water partition coefficient (Wildman–Crippen LogP) is 13.8. The Balaban J connectivity index is 1.54. The summed E-state index contributed by atoms with van der Waals surface area (Å²) >= 11 is 0. The van der Waals surface area contributed by atoms with Crippen molar-refractivity contribution < 1.29 is 0 Å². The number of nitrogens with zero attached hydrogens (tertiary/aromatic N) is 2. The molecule has 0 unspecified atom stereocenters. The molecule has 0 bridgehead atoms. The van der Waals surface area contributed by atoms with Gasteiger partial charge in [0.15, 0.2) is 0 Å². The third-order valence-corrected chi connectivity index (χ3v) is 10.8.